The van der Waals surface area contributed by atoms with E-state index >= 15 is 0 Å². The predicted octanol–water partition coefficient (Wildman–Crippen LogP) is 3.61. The number of piperidine rings is 1. The number of likely N-dealkylation sites (tertiary alicyclic amines) is 1. The van der Waals surface area contributed by atoms with Gasteiger partial charge in [0.25, 0.3) is 0 Å². The number of nitrogens with zero attached hydrogens (tertiary/aromatic N) is 1. The largest absolute Gasteiger partial charge is 0.491 e. The fraction of sp³-hybridized carbons (Fsp3) is 0.667. The van der Waals surface area contributed by atoms with Crippen LogP contribution in [0.1, 0.15) is 52.1 Å². The summed E-state index contributed by atoms with van der Waals surface area (Å²) in [6.45, 7) is 12.2. The molecule has 1 aromatic carbocycles. The molecule has 1 aliphatic heterocycles. The third kappa shape index (κ3) is 5.01. The van der Waals surface area contributed by atoms with Crippen molar-refractivity contribution in [3.05, 3.63) is 29.8 Å². The molecule has 1 aromatic rings. The van der Waals surface area contributed by atoms with Crippen molar-refractivity contribution in [1.82, 2.24) is 10.2 Å². The lowest BCUT2D eigenvalue weighted by Gasteiger charge is -2.33. The van der Waals surface area contributed by atoms with Crippen LogP contribution in [0.2, 0.25) is 0 Å². The summed E-state index contributed by atoms with van der Waals surface area (Å²) >= 11 is 0. The molecule has 3 heteroatoms. The second-order valence-corrected chi connectivity index (χ2v) is 6.34. The Balaban J connectivity index is 1.89. The quantitative estimate of drug-likeness (QED) is 0.866. The van der Waals surface area contributed by atoms with E-state index < -0.39 is 0 Å². The molecule has 118 valence electrons. The minimum absolute atomic E-state index is 0.224. The summed E-state index contributed by atoms with van der Waals surface area (Å²) < 4.78 is 5.79. The van der Waals surface area contributed by atoms with Gasteiger partial charge in [-0.2, -0.15) is 0 Å². The Morgan fingerprint density at radius 1 is 1.24 bits per heavy atom. The maximum atomic E-state index is 5.79. The van der Waals surface area contributed by atoms with Crippen LogP contribution in [0.25, 0.3) is 0 Å². The van der Waals surface area contributed by atoms with Crippen molar-refractivity contribution in [2.45, 2.75) is 58.7 Å². The number of hydrogen-bond acceptors (Lipinski definition) is 3. The van der Waals surface area contributed by atoms with E-state index in [1.165, 1.54) is 38.0 Å². The molecule has 1 aliphatic rings. The lowest BCUT2D eigenvalue weighted by Crippen LogP contribution is -2.43. The van der Waals surface area contributed by atoms with Crippen LogP contribution in [0, 0.1) is 0 Å². The molecule has 0 spiro atoms. The van der Waals surface area contributed by atoms with Crippen LogP contribution in [0.5, 0.6) is 5.75 Å². The van der Waals surface area contributed by atoms with Crippen LogP contribution in [0.4, 0.5) is 0 Å². The molecule has 1 atom stereocenters. The first-order chi connectivity index (χ1) is 10.1. The zero-order chi connectivity index (χ0) is 15.2. The summed E-state index contributed by atoms with van der Waals surface area (Å²) in [6.07, 6.45) is 2.72. The van der Waals surface area contributed by atoms with Gasteiger partial charge in [0, 0.05) is 12.1 Å². The van der Waals surface area contributed by atoms with Crippen LogP contribution >= 0.6 is 0 Å². The van der Waals surface area contributed by atoms with Gasteiger partial charge in [0.1, 0.15) is 5.75 Å². The first-order valence-electron chi connectivity index (χ1n) is 8.33. The lowest BCUT2D eigenvalue weighted by atomic mass is 10.0. The zero-order valence-corrected chi connectivity index (χ0v) is 13.9. The van der Waals surface area contributed by atoms with E-state index in [1.807, 2.05) is 6.07 Å². The molecule has 0 radical (unpaired) electrons. The molecule has 0 saturated carbocycles. The SMILES string of the molecule is CCN1CCC(NC(C)c2cccc(OC(C)C)c2)CC1. The molecule has 3 nitrogen and oxygen atoms in total. The molecule has 0 aromatic heterocycles. The number of hydrogen-bond donors (Lipinski definition) is 1. The molecule has 2 rings (SSSR count). The highest BCUT2D eigenvalue weighted by Crippen LogP contribution is 2.22. The highest BCUT2D eigenvalue weighted by molar-refractivity contribution is 5.30. The van der Waals surface area contributed by atoms with Crippen LogP contribution < -0.4 is 10.1 Å². The van der Waals surface area contributed by atoms with Crippen LogP contribution in [-0.4, -0.2) is 36.7 Å². The first kappa shape index (κ1) is 16.3. The minimum Gasteiger partial charge on any atom is -0.491 e. The average molecular weight is 290 g/mol. The Hall–Kier alpha value is -1.06. The van der Waals surface area contributed by atoms with Crippen molar-refractivity contribution in [2.24, 2.45) is 0 Å². The monoisotopic (exact) mass is 290 g/mol. The fourth-order valence-electron chi connectivity index (χ4n) is 2.99. The Morgan fingerprint density at radius 3 is 2.57 bits per heavy atom. The number of rotatable bonds is 6. The van der Waals surface area contributed by atoms with Crippen molar-refractivity contribution >= 4 is 0 Å². The summed E-state index contributed by atoms with van der Waals surface area (Å²) in [5.74, 6) is 0.969. The van der Waals surface area contributed by atoms with Crippen molar-refractivity contribution < 1.29 is 4.74 Å². The Morgan fingerprint density at radius 2 is 1.95 bits per heavy atom. The van der Waals surface area contributed by atoms with Gasteiger partial charge in [-0.1, -0.05) is 19.1 Å². The highest BCUT2D eigenvalue weighted by atomic mass is 16.5. The fourth-order valence-corrected chi connectivity index (χ4v) is 2.99. The molecular formula is C18H30N2O. The summed E-state index contributed by atoms with van der Waals surface area (Å²) in [4.78, 5) is 2.53. The van der Waals surface area contributed by atoms with E-state index in [9.17, 15) is 0 Å². The van der Waals surface area contributed by atoms with E-state index in [0.717, 1.165) is 5.75 Å². The zero-order valence-electron chi connectivity index (χ0n) is 13.9. The molecule has 1 saturated heterocycles. The van der Waals surface area contributed by atoms with E-state index in [1.54, 1.807) is 0 Å². The highest BCUT2D eigenvalue weighted by Gasteiger charge is 2.20. The van der Waals surface area contributed by atoms with Gasteiger partial charge in [-0.15, -0.1) is 0 Å². The maximum Gasteiger partial charge on any atom is 0.120 e. The molecule has 1 N–H and O–H groups in total. The Kier molecular flexibility index (Phi) is 6.07. The van der Waals surface area contributed by atoms with Gasteiger partial charge in [0.05, 0.1) is 6.10 Å². The molecular weight excluding hydrogens is 260 g/mol. The Bertz CT molecular complexity index is 425. The first-order valence-corrected chi connectivity index (χ1v) is 8.33. The van der Waals surface area contributed by atoms with Crippen LogP contribution in [0.15, 0.2) is 24.3 Å². The molecule has 1 unspecified atom stereocenters. The minimum atomic E-state index is 0.224. The number of nitrogens with one attached hydrogen (secondary N) is 1. The van der Waals surface area contributed by atoms with Gasteiger partial charge in [-0.3, -0.25) is 0 Å². The Labute approximate surface area is 129 Å². The van der Waals surface area contributed by atoms with E-state index in [4.69, 9.17) is 4.74 Å². The molecule has 1 fully saturated rings. The third-order valence-electron chi connectivity index (χ3n) is 4.25. The summed E-state index contributed by atoms with van der Waals surface area (Å²) in [6, 6.07) is 9.49. The van der Waals surface area contributed by atoms with Gasteiger partial charge in [-0.25, -0.2) is 0 Å². The molecule has 0 aliphatic carbocycles. The summed E-state index contributed by atoms with van der Waals surface area (Å²) in [5.41, 5.74) is 1.31. The smallest absolute Gasteiger partial charge is 0.120 e. The normalized spacial score (nSPS) is 18.9. The van der Waals surface area contributed by atoms with E-state index in [-0.39, 0.29) is 6.10 Å². The second kappa shape index (κ2) is 7.81. The molecule has 21 heavy (non-hydrogen) atoms. The molecule has 1 heterocycles. The average Bonchev–Trinajstić information content (AvgIpc) is 2.47. The maximum absolute atomic E-state index is 5.79. The van der Waals surface area contributed by atoms with Crippen LogP contribution in [-0.2, 0) is 0 Å². The van der Waals surface area contributed by atoms with Gasteiger partial charge < -0.3 is 15.0 Å². The van der Waals surface area contributed by atoms with Crippen molar-refractivity contribution in [3.63, 3.8) is 0 Å². The predicted molar refractivity (Wildman–Crippen MR) is 88.9 cm³/mol. The van der Waals surface area contributed by atoms with Crippen molar-refractivity contribution in [2.75, 3.05) is 19.6 Å². The number of benzene rings is 1. The van der Waals surface area contributed by atoms with Gasteiger partial charge in [0.2, 0.25) is 0 Å². The van der Waals surface area contributed by atoms with Crippen molar-refractivity contribution in [1.29, 1.82) is 0 Å². The van der Waals surface area contributed by atoms with Gasteiger partial charge >= 0.3 is 0 Å². The molecule has 0 bridgehead atoms. The van der Waals surface area contributed by atoms with Gasteiger partial charge in [-0.05, 0) is 70.9 Å². The van der Waals surface area contributed by atoms with E-state index in [0.29, 0.717) is 12.1 Å². The summed E-state index contributed by atoms with van der Waals surface area (Å²) in [5, 5.41) is 3.78. The number of ether oxygens (including phenoxy) is 1. The third-order valence-corrected chi connectivity index (χ3v) is 4.25. The standard InChI is InChI=1S/C18H30N2O/c1-5-20-11-9-17(10-12-20)19-15(4)16-7-6-8-18(13-16)21-14(2)3/h6-8,13-15,17,19H,5,9-12H2,1-4H3. The summed E-state index contributed by atoms with van der Waals surface area (Å²) in [7, 11) is 0. The topological polar surface area (TPSA) is 24.5 Å². The van der Waals surface area contributed by atoms with E-state index in [2.05, 4.69) is 56.1 Å². The van der Waals surface area contributed by atoms with Gasteiger partial charge in [0.15, 0.2) is 0 Å². The van der Waals surface area contributed by atoms with Crippen LogP contribution in [0.3, 0.4) is 0 Å². The lowest BCUT2D eigenvalue weighted by molar-refractivity contribution is 0.200. The van der Waals surface area contributed by atoms with Crippen molar-refractivity contribution in [3.8, 4) is 5.75 Å². The second-order valence-electron chi connectivity index (χ2n) is 6.34. The molecule has 0 amide bonds.